The predicted molar refractivity (Wildman–Crippen MR) is 85.1 cm³/mol. The smallest absolute Gasteiger partial charge is 0.410 e. The first-order valence-electron chi connectivity index (χ1n) is 7.98. The summed E-state index contributed by atoms with van der Waals surface area (Å²) >= 11 is 0. The number of rotatable bonds is 4. The molecule has 1 heterocycles. The van der Waals surface area contributed by atoms with Gasteiger partial charge in [0, 0.05) is 27.0 Å². The van der Waals surface area contributed by atoms with Gasteiger partial charge in [0.15, 0.2) is 0 Å². The quantitative estimate of drug-likeness (QED) is 0.868. The molecule has 0 aromatic rings. The molecular weight excluding hydrogens is 268 g/mol. The van der Waals surface area contributed by atoms with E-state index in [-0.39, 0.29) is 19.3 Å². The summed E-state index contributed by atoms with van der Waals surface area (Å²) in [7, 11) is 0. The molecule has 2 amide bonds. The topological polar surface area (TPSA) is 58.6 Å². The molecule has 0 aliphatic carbocycles. The average Bonchev–Trinajstić information content (AvgIpc) is 2.42. The van der Waals surface area contributed by atoms with E-state index in [2.05, 4.69) is 5.32 Å². The van der Waals surface area contributed by atoms with Crippen LogP contribution in [0.2, 0.25) is 0 Å². The van der Waals surface area contributed by atoms with Gasteiger partial charge >= 0.3 is 6.09 Å². The second kappa shape index (κ2) is 7.66. The first kappa shape index (κ1) is 17.8. The third-order valence-corrected chi connectivity index (χ3v) is 3.80. The highest BCUT2D eigenvalue weighted by atomic mass is 16.6. The highest BCUT2D eigenvalue weighted by Gasteiger charge is 2.27. The van der Waals surface area contributed by atoms with Crippen molar-refractivity contribution in [3.8, 4) is 0 Å². The Balaban J connectivity index is 0.00000441. The number of carbonyl (C=O) groups is 2. The number of amides is 2. The van der Waals surface area contributed by atoms with Gasteiger partial charge in [0.1, 0.15) is 5.60 Å². The van der Waals surface area contributed by atoms with Crippen molar-refractivity contribution >= 4 is 12.0 Å². The number of hydrogen-bond acceptors (Lipinski definition) is 3. The minimum Gasteiger partial charge on any atom is -0.444 e. The van der Waals surface area contributed by atoms with Crippen molar-refractivity contribution in [2.24, 2.45) is 11.8 Å². The molecular formula is C16H32N2O3. The number of nitrogens with one attached hydrogen (secondary N) is 1. The molecule has 5 nitrogen and oxygen atoms in total. The fourth-order valence-electron chi connectivity index (χ4n) is 2.33. The third-order valence-electron chi connectivity index (χ3n) is 3.80. The number of ether oxygens (including phenoxy) is 1. The van der Waals surface area contributed by atoms with Gasteiger partial charge in [0.05, 0.1) is 0 Å². The molecule has 5 heteroatoms. The van der Waals surface area contributed by atoms with Gasteiger partial charge in [0.2, 0.25) is 5.91 Å². The van der Waals surface area contributed by atoms with Crippen molar-refractivity contribution in [2.45, 2.75) is 59.5 Å². The molecule has 0 saturated carbocycles. The first-order chi connectivity index (χ1) is 9.73. The molecule has 0 bridgehead atoms. The normalized spacial score (nSPS) is 20.8. The van der Waals surface area contributed by atoms with Gasteiger partial charge in [-0.1, -0.05) is 13.8 Å². The second-order valence-corrected chi connectivity index (χ2v) is 6.99. The first-order valence-corrected chi connectivity index (χ1v) is 7.98. The zero-order valence-corrected chi connectivity index (χ0v) is 14.1. The van der Waals surface area contributed by atoms with E-state index in [1.807, 2.05) is 34.6 Å². The van der Waals surface area contributed by atoms with Crippen molar-refractivity contribution < 1.29 is 15.8 Å². The predicted octanol–water partition coefficient (Wildman–Crippen LogP) is 3.04. The Morgan fingerprint density at radius 3 is 2.67 bits per heavy atom. The Morgan fingerprint density at radius 2 is 2.10 bits per heavy atom. The van der Waals surface area contributed by atoms with Gasteiger partial charge in [-0.15, -0.1) is 0 Å². The van der Waals surface area contributed by atoms with E-state index in [4.69, 9.17) is 4.74 Å². The van der Waals surface area contributed by atoms with Crippen LogP contribution in [0.4, 0.5) is 4.79 Å². The summed E-state index contributed by atoms with van der Waals surface area (Å²) in [5.74, 6) is 0.474. The van der Waals surface area contributed by atoms with E-state index < -0.39 is 5.60 Å². The maximum absolute atomic E-state index is 12.1. The maximum atomic E-state index is 12.1. The third kappa shape index (κ3) is 6.36. The number of carbonyl (C=O) groups excluding carboxylic acids is 2. The van der Waals surface area contributed by atoms with Crippen molar-refractivity contribution in [3.05, 3.63) is 0 Å². The summed E-state index contributed by atoms with van der Waals surface area (Å²) in [6.07, 6.45) is 2.60. The van der Waals surface area contributed by atoms with Gasteiger partial charge in [-0.3, -0.25) is 4.79 Å². The molecule has 1 saturated heterocycles. The minimum absolute atomic E-state index is 0. The number of likely N-dealkylation sites (tertiary alicyclic amines) is 1. The largest absolute Gasteiger partial charge is 0.444 e. The van der Waals surface area contributed by atoms with E-state index in [1.54, 1.807) is 4.90 Å². The number of piperidine rings is 1. The summed E-state index contributed by atoms with van der Waals surface area (Å²) in [5, 5.41) is 2.99. The SMILES string of the molecule is CCC(C)C(=O)NCC1CCCN(C(=O)OC(C)(C)C)C1.[HH]. The fraction of sp³-hybridized carbons (Fsp3) is 0.875. The Bertz CT molecular complexity index is 369. The summed E-state index contributed by atoms with van der Waals surface area (Å²) in [6, 6.07) is 0. The minimum atomic E-state index is -0.463. The lowest BCUT2D eigenvalue weighted by Crippen LogP contribution is -2.46. The summed E-state index contributed by atoms with van der Waals surface area (Å²) in [5.41, 5.74) is -0.463. The molecule has 0 aromatic carbocycles. The van der Waals surface area contributed by atoms with Crippen LogP contribution in [-0.4, -0.2) is 42.1 Å². The summed E-state index contributed by atoms with van der Waals surface area (Å²) < 4.78 is 5.41. The number of nitrogens with zero attached hydrogens (tertiary/aromatic N) is 1. The summed E-state index contributed by atoms with van der Waals surface area (Å²) in [6.45, 7) is 11.6. The number of hydrogen-bond donors (Lipinski definition) is 1. The van der Waals surface area contributed by atoms with E-state index in [9.17, 15) is 9.59 Å². The average molecular weight is 300 g/mol. The maximum Gasteiger partial charge on any atom is 0.410 e. The molecule has 1 aliphatic rings. The molecule has 21 heavy (non-hydrogen) atoms. The Kier molecular flexibility index (Phi) is 6.49. The van der Waals surface area contributed by atoms with Gasteiger partial charge in [-0.05, 0) is 46.0 Å². The second-order valence-electron chi connectivity index (χ2n) is 6.99. The lowest BCUT2D eigenvalue weighted by Gasteiger charge is -2.34. The van der Waals surface area contributed by atoms with Crippen LogP contribution < -0.4 is 5.32 Å². The molecule has 0 radical (unpaired) electrons. The zero-order chi connectivity index (χ0) is 16.0. The van der Waals surface area contributed by atoms with E-state index in [1.165, 1.54) is 0 Å². The van der Waals surface area contributed by atoms with Crippen LogP contribution in [0, 0.1) is 11.8 Å². The lowest BCUT2D eigenvalue weighted by molar-refractivity contribution is -0.124. The molecule has 1 aliphatic heterocycles. The lowest BCUT2D eigenvalue weighted by atomic mass is 9.98. The van der Waals surface area contributed by atoms with Gasteiger partial charge < -0.3 is 15.0 Å². The summed E-state index contributed by atoms with van der Waals surface area (Å²) in [4.78, 5) is 25.6. The van der Waals surface area contributed by atoms with Crippen molar-refractivity contribution in [1.29, 1.82) is 0 Å². The van der Waals surface area contributed by atoms with Crippen molar-refractivity contribution in [3.63, 3.8) is 0 Å². The molecule has 0 aromatic heterocycles. The standard InChI is InChI=1S/C16H30N2O3.H2/c1-6-12(2)14(19)17-10-13-8-7-9-18(11-13)15(20)21-16(3,4)5;/h12-13H,6-11H2,1-5H3,(H,17,19);1H. The molecule has 1 rings (SSSR count). The van der Waals surface area contributed by atoms with Crippen LogP contribution in [0.3, 0.4) is 0 Å². The highest BCUT2D eigenvalue weighted by Crippen LogP contribution is 2.19. The van der Waals surface area contributed by atoms with Crippen LogP contribution in [0.25, 0.3) is 0 Å². The Labute approximate surface area is 129 Å². The van der Waals surface area contributed by atoms with Gasteiger partial charge in [0.25, 0.3) is 0 Å². The van der Waals surface area contributed by atoms with Crippen LogP contribution >= 0.6 is 0 Å². The van der Waals surface area contributed by atoms with Crippen molar-refractivity contribution in [2.75, 3.05) is 19.6 Å². The molecule has 2 atom stereocenters. The molecule has 124 valence electrons. The molecule has 1 N–H and O–H groups in total. The van der Waals surface area contributed by atoms with Gasteiger partial charge in [-0.25, -0.2) is 4.79 Å². The molecule has 2 unspecified atom stereocenters. The zero-order valence-electron chi connectivity index (χ0n) is 14.1. The van der Waals surface area contributed by atoms with E-state index >= 15 is 0 Å². The monoisotopic (exact) mass is 300 g/mol. The highest BCUT2D eigenvalue weighted by molar-refractivity contribution is 5.78. The molecule has 1 fully saturated rings. The van der Waals surface area contributed by atoms with Crippen molar-refractivity contribution in [1.82, 2.24) is 10.2 Å². The van der Waals surface area contributed by atoms with E-state index in [0.717, 1.165) is 25.8 Å². The van der Waals surface area contributed by atoms with Gasteiger partial charge in [-0.2, -0.15) is 0 Å². The van der Waals surface area contributed by atoms with Crippen LogP contribution in [0.15, 0.2) is 0 Å². The van der Waals surface area contributed by atoms with Crippen LogP contribution in [0.5, 0.6) is 0 Å². The van der Waals surface area contributed by atoms with Crippen LogP contribution in [-0.2, 0) is 9.53 Å². The molecule has 0 spiro atoms. The van der Waals surface area contributed by atoms with E-state index in [0.29, 0.717) is 19.0 Å². The van der Waals surface area contributed by atoms with Crippen LogP contribution in [0.1, 0.15) is 55.3 Å². The Hall–Kier alpha value is -1.26. The Morgan fingerprint density at radius 1 is 1.43 bits per heavy atom. The fourth-order valence-corrected chi connectivity index (χ4v) is 2.33.